The molecule has 2 aromatic rings. The quantitative estimate of drug-likeness (QED) is 0.805. The first-order valence-electron chi connectivity index (χ1n) is 10.1. The summed E-state index contributed by atoms with van der Waals surface area (Å²) >= 11 is 0. The van der Waals surface area contributed by atoms with Crippen LogP contribution in [0, 0.1) is 5.92 Å². The Labute approximate surface area is 156 Å². The van der Waals surface area contributed by atoms with E-state index in [4.69, 9.17) is 10.2 Å². The minimum absolute atomic E-state index is 0.102. The average Bonchev–Trinajstić information content (AvgIpc) is 3.24. The molecule has 0 spiro atoms. The predicted molar refractivity (Wildman–Crippen MR) is 106 cm³/mol. The number of nitrogens with zero attached hydrogens (tertiary/aromatic N) is 1. The van der Waals surface area contributed by atoms with E-state index in [1.54, 1.807) is 0 Å². The van der Waals surface area contributed by atoms with Crippen LogP contribution in [-0.4, -0.2) is 29.4 Å². The predicted octanol–water partition coefficient (Wildman–Crippen LogP) is 4.29. The van der Waals surface area contributed by atoms with Gasteiger partial charge in [-0.2, -0.15) is 0 Å². The molecular weight excluding hydrogens is 324 g/mol. The van der Waals surface area contributed by atoms with E-state index in [1.165, 1.54) is 10.9 Å². The van der Waals surface area contributed by atoms with Crippen LogP contribution in [0.4, 0.5) is 0 Å². The van der Waals surface area contributed by atoms with Crippen LogP contribution >= 0.6 is 0 Å². The van der Waals surface area contributed by atoms with Crippen LogP contribution < -0.4 is 5.73 Å². The van der Waals surface area contributed by atoms with Crippen molar-refractivity contribution in [3.63, 3.8) is 0 Å². The Kier molecular flexibility index (Phi) is 6.02. The Hall–Kier alpha value is -1.81. The Morgan fingerprint density at radius 3 is 2.85 bits per heavy atom. The van der Waals surface area contributed by atoms with E-state index >= 15 is 0 Å². The molecular formula is C22H32N2O2. The van der Waals surface area contributed by atoms with E-state index in [-0.39, 0.29) is 17.9 Å². The number of unbranched alkanes of at least 4 members (excludes halogenated alkanes) is 1. The number of carbonyl (C=O) groups is 1. The summed E-state index contributed by atoms with van der Waals surface area (Å²) in [6.07, 6.45) is 6.20. The van der Waals surface area contributed by atoms with Gasteiger partial charge in [0.1, 0.15) is 11.3 Å². The zero-order valence-corrected chi connectivity index (χ0v) is 16.3. The molecule has 1 saturated heterocycles. The third-order valence-corrected chi connectivity index (χ3v) is 5.64. The second-order valence-electron chi connectivity index (χ2n) is 7.91. The fourth-order valence-corrected chi connectivity index (χ4v) is 3.96. The highest BCUT2D eigenvalue weighted by atomic mass is 16.3. The molecule has 2 atom stereocenters. The van der Waals surface area contributed by atoms with Gasteiger partial charge in [-0.25, -0.2) is 0 Å². The fraction of sp³-hybridized carbons (Fsp3) is 0.591. The van der Waals surface area contributed by atoms with E-state index in [0.717, 1.165) is 56.4 Å². The van der Waals surface area contributed by atoms with Gasteiger partial charge in [-0.3, -0.25) is 4.79 Å². The number of likely N-dealkylation sites (tertiary alicyclic amines) is 1. The number of carbonyl (C=O) groups excluding carboxylic acids is 1. The SMILES string of the molecule is CCCCc1oc2ccccc2c1C[C@@H]1CCCN1C(=O)[C@@H](N)C(C)C. The lowest BCUT2D eigenvalue weighted by atomic mass is 9.97. The normalized spacial score (nSPS) is 18.8. The zero-order valence-electron chi connectivity index (χ0n) is 16.3. The lowest BCUT2D eigenvalue weighted by Gasteiger charge is -2.29. The van der Waals surface area contributed by atoms with E-state index in [2.05, 4.69) is 19.1 Å². The topological polar surface area (TPSA) is 59.5 Å². The van der Waals surface area contributed by atoms with Gasteiger partial charge >= 0.3 is 0 Å². The Morgan fingerprint density at radius 1 is 1.35 bits per heavy atom. The summed E-state index contributed by atoms with van der Waals surface area (Å²) in [5.41, 5.74) is 8.40. The van der Waals surface area contributed by atoms with Gasteiger partial charge in [0.05, 0.1) is 6.04 Å². The third-order valence-electron chi connectivity index (χ3n) is 5.64. The summed E-state index contributed by atoms with van der Waals surface area (Å²) in [6.45, 7) is 7.05. The number of amides is 1. The molecule has 1 amide bonds. The first-order valence-corrected chi connectivity index (χ1v) is 10.1. The number of furan rings is 1. The van der Waals surface area contributed by atoms with Crippen molar-refractivity contribution in [2.24, 2.45) is 11.7 Å². The molecule has 4 heteroatoms. The average molecular weight is 357 g/mol. The molecule has 0 radical (unpaired) electrons. The molecule has 2 heterocycles. The first-order chi connectivity index (χ1) is 12.5. The molecule has 0 aliphatic carbocycles. The van der Waals surface area contributed by atoms with Crippen LogP contribution in [-0.2, 0) is 17.6 Å². The molecule has 0 bridgehead atoms. The standard InChI is InChI=1S/C22H32N2O2/c1-4-5-11-20-18(17-10-6-7-12-19(17)26-20)14-16-9-8-13-24(16)22(25)21(23)15(2)3/h6-7,10,12,15-16,21H,4-5,8-9,11,13-14,23H2,1-3H3/t16-,21-/m0/s1. The number of hydrogen-bond donors (Lipinski definition) is 1. The highest BCUT2D eigenvalue weighted by molar-refractivity contribution is 5.84. The number of para-hydroxylation sites is 1. The van der Waals surface area contributed by atoms with Crippen molar-refractivity contribution in [2.45, 2.75) is 71.4 Å². The number of nitrogens with two attached hydrogens (primary N) is 1. The van der Waals surface area contributed by atoms with Gasteiger partial charge in [0.25, 0.3) is 0 Å². The molecule has 3 rings (SSSR count). The van der Waals surface area contributed by atoms with Crippen molar-refractivity contribution in [3.05, 3.63) is 35.6 Å². The molecule has 4 nitrogen and oxygen atoms in total. The third kappa shape index (κ3) is 3.80. The van der Waals surface area contributed by atoms with Gasteiger partial charge in [0.15, 0.2) is 0 Å². The molecule has 142 valence electrons. The second-order valence-corrected chi connectivity index (χ2v) is 7.91. The summed E-state index contributed by atoms with van der Waals surface area (Å²) in [4.78, 5) is 14.8. The van der Waals surface area contributed by atoms with Crippen LogP contribution in [0.1, 0.15) is 57.8 Å². The maximum absolute atomic E-state index is 12.8. The van der Waals surface area contributed by atoms with Crippen molar-refractivity contribution in [1.82, 2.24) is 4.90 Å². The number of rotatable bonds is 7. The van der Waals surface area contributed by atoms with Crippen molar-refractivity contribution in [1.29, 1.82) is 0 Å². The molecule has 1 aromatic carbocycles. The van der Waals surface area contributed by atoms with E-state index < -0.39 is 6.04 Å². The number of hydrogen-bond acceptors (Lipinski definition) is 3. The monoisotopic (exact) mass is 356 g/mol. The molecule has 1 aliphatic heterocycles. The molecule has 26 heavy (non-hydrogen) atoms. The molecule has 1 aliphatic rings. The molecule has 0 saturated carbocycles. The van der Waals surface area contributed by atoms with Crippen molar-refractivity contribution < 1.29 is 9.21 Å². The van der Waals surface area contributed by atoms with Crippen molar-refractivity contribution >= 4 is 16.9 Å². The Morgan fingerprint density at radius 2 is 2.12 bits per heavy atom. The van der Waals surface area contributed by atoms with Gasteiger partial charge in [-0.15, -0.1) is 0 Å². The Bertz CT molecular complexity index is 750. The molecule has 1 fully saturated rings. The maximum atomic E-state index is 12.8. The van der Waals surface area contributed by atoms with Crippen LogP contribution in [0.3, 0.4) is 0 Å². The van der Waals surface area contributed by atoms with Crippen molar-refractivity contribution in [3.8, 4) is 0 Å². The number of benzene rings is 1. The molecule has 1 aromatic heterocycles. The minimum atomic E-state index is -0.406. The summed E-state index contributed by atoms with van der Waals surface area (Å²) in [5, 5.41) is 1.20. The first kappa shape index (κ1) is 19.0. The van der Waals surface area contributed by atoms with E-state index in [1.807, 2.05) is 30.9 Å². The van der Waals surface area contributed by atoms with Crippen LogP contribution in [0.25, 0.3) is 11.0 Å². The second kappa shape index (κ2) is 8.26. The summed E-state index contributed by atoms with van der Waals surface area (Å²) in [7, 11) is 0. The van der Waals surface area contributed by atoms with E-state index in [9.17, 15) is 4.79 Å². The summed E-state index contributed by atoms with van der Waals surface area (Å²) < 4.78 is 6.16. The van der Waals surface area contributed by atoms with Gasteiger partial charge in [0, 0.05) is 30.0 Å². The molecule has 2 N–H and O–H groups in total. The van der Waals surface area contributed by atoms with Crippen LogP contribution in [0.15, 0.2) is 28.7 Å². The van der Waals surface area contributed by atoms with E-state index in [0.29, 0.717) is 0 Å². The van der Waals surface area contributed by atoms with Crippen molar-refractivity contribution in [2.75, 3.05) is 6.54 Å². The van der Waals surface area contributed by atoms with Gasteiger partial charge in [-0.1, -0.05) is 45.4 Å². The Balaban J connectivity index is 1.86. The maximum Gasteiger partial charge on any atom is 0.240 e. The fourth-order valence-electron chi connectivity index (χ4n) is 3.96. The van der Waals surface area contributed by atoms with Gasteiger partial charge in [0.2, 0.25) is 5.91 Å². The zero-order chi connectivity index (χ0) is 18.7. The summed E-state index contributed by atoms with van der Waals surface area (Å²) in [6, 6.07) is 8.10. The lowest BCUT2D eigenvalue weighted by Crippen LogP contribution is -2.48. The number of aryl methyl sites for hydroxylation is 1. The minimum Gasteiger partial charge on any atom is -0.461 e. The van der Waals surface area contributed by atoms with Gasteiger partial charge in [-0.05, 0) is 37.7 Å². The lowest BCUT2D eigenvalue weighted by molar-refractivity contribution is -0.134. The smallest absolute Gasteiger partial charge is 0.240 e. The molecule has 0 unspecified atom stereocenters. The van der Waals surface area contributed by atoms with Gasteiger partial charge < -0.3 is 15.1 Å². The number of fused-ring (bicyclic) bond motifs is 1. The van der Waals surface area contributed by atoms with Crippen LogP contribution in [0.2, 0.25) is 0 Å². The summed E-state index contributed by atoms with van der Waals surface area (Å²) in [5.74, 6) is 1.37. The largest absolute Gasteiger partial charge is 0.461 e. The highest BCUT2D eigenvalue weighted by Gasteiger charge is 2.33. The highest BCUT2D eigenvalue weighted by Crippen LogP contribution is 2.31. The van der Waals surface area contributed by atoms with Crippen LogP contribution in [0.5, 0.6) is 0 Å².